The first-order chi connectivity index (χ1) is 9.11. The number of rotatable bonds is 5. The molecule has 19 heavy (non-hydrogen) atoms. The van der Waals surface area contributed by atoms with Crippen LogP contribution in [0.1, 0.15) is 31.2 Å². The average Bonchev–Trinajstić information content (AvgIpc) is 2.88. The Balaban J connectivity index is 2.21. The molecular formula is C15H19BrN2O. The standard InChI is InChI=1S/C15H19BrN2O/c1-3-18(10-13-5-4-8-19-13)12-6-7-14(11(2)17)15(16)9-12/h4-9,11H,3,10,17H2,1-2H3/t11-/m1/s1. The van der Waals surface area contributed by atoms with Crippen LogP contribution in [0.5, 0.6) is 0 Å². The van der Waals surface area contributed by atoms with Crippen molar-refractivity contribution in [1.82, 2.24) is 0 Å². The van der Waals surface area contributed by atoms with E-state index in [4.69, 9.17) is 10.2 Å². The van der Waals surface area contributed by atoms with Crippen LogP contribution in [0.4, 0.5) is 5.69 Å². The van der Waals surface area contributed by atoms with E-state index in [0.29, 0.717) is 0 Å². The van der Waals surface area contributed by atoms with E-state index in [2.05, 4.69) is 46.0 Å². The summed E-state index contributed by atoms with van der Waals surface area (Å²) in [5.74, 6) is 0.967. The van der Waals surface area contributed by atoms with Crippen LogP contribution in [0, 0.1) is 0 Å². The molecule has 3 nitrogen and oxygen atoms in total. The molecule has 0 amide bonds. The van der Waals surface area contributed by atoms with Gasteiger partial charge in [0.2, 0.25) is 0 Å². The summed E-state index contributed by atoms with van der Waals surface area (Å²) in [5, 5.41) is 0. The molecule has 0 aliphatic heterocycles. The lowest BCUT2D eigenvalue weighted by Gasteiger charge is -2.23. The Morgan fingerprint density at radius 2 is 2.16 bits per heavy atom. The Morgan fingerprint density at radius 1 is 1.37 bits per heavy atom. The third kappa shape index (κ3) is 3.39. The van der Waals surface area contributed by atoms with E-state index in [1.165, 1.54) is 0 Å². The van der Waals surface area contributed by atoms with E-state index in [-0.39, 0.29) is 6.04 Å². The van der Waals surface area contributed by atoms with Crippen molar-refractivity contribution in [3.05, 3.63) is 52.4 Å². The Bertz CT molecular complexity index is 523. The predicted molar refractivity (Wildman–Crippen MR) is 82.2 cm³/mol. The van der Waals surface area contributed by atoms with E-state index in [1.807, 2.05) is 19.1 Å². The number of nitrogens with zero attached hydrogens (tertiary/aromatic N) is 1. The van der Waals surface area contributed by atoms with E-state index in [1.54, 1.807) is 6.26 Å². The van der Waals surface area contributed by atoms with E-state index >= 15 is 0 Å². The SMILES string of the molecule is CCN(Cc1ccco1)c1ccc([C@@H](C)N)c(Br)c1. The van der Waals surface area contributed by atoms with E-state index in [0.717, 1.165) is 34.6 Å². The Hall–Kier alpha value is -1.26. The molecule has 2 N–H and O–H groups in total. The van der Waals surface area contributed by atoms with Crippen LogP contribution in [0.15, 0.2) is 45.5 Å². The Morgan fingerprint density at radius 3 is 2.68 bits per heavy atom. The monoisotopic (exact) mass is 322 g/mol. The van der Waals surface area contributed by atoms with Crippen LogP contribution in [-0.2, 0) is 6.54 Å². The molecule has 0 aliphatic carbocycles. The van der Waals surface area contributed by atoms with Gasteiger partial charge in [0.15, 0.2) is 0 Å². The first kappa shape index (κ1) is 14.2. The normalized spacial score (nSPS) is 12.4. The number of benzene rings is 1. The summed E-state index contributed by atoms with van der Waals surface area (Å²) < 4.78 is 6.46. The van der Waals surface area contributed by atoms with Gasteiger partial charge in [0, 0.05) is 22.7 Å². The fourth-order valence-corrected chi connectivity index (χ4v) is 2.79. The second kappa shape index (κ2) is 6.26. The van der Waals surface area contributed by atoms with Crippen molar-refractivity contribution < 1.29 is 4.42 Å². The van der Waals surface area contributed by atoms with Crippen molar-refractivity contribution in [2.45, 2.75) is 26.4 Å². The summed E-state index contributed by atoms with van der Waals surface area (Å²) in [6.07, 6.45) is 1.71. The highest BCUT2D eigenvalue weighted by Gasteiger charge is 2.11. The molecule has 0 bridgehead atoms. The average molecular weight is 323 g/mol. The smallest absolute Gasteiger partial charge is 0.123 e. The fraction of sp³-hybridized carbons (Fsp3) is 0.333. The van der Waals surface area contributed by atoms with Crippen molar-refractivity contribution in [3.63, 3.8) is 0 Å². The van der Waals surface area contributed by atoms with E-state index < -0.39 is 0 Å². The fourth-order valence-electron chi connectivity index (χ4n) is 2.06. The molecule has 0 aliphatic rings. The third-order valence-electron chi connectivity index (χ3n) is 3.15. The molecule has 0 saturated heterocycles. The molecule has 2 aromatic rings. The Labute approximate surface area is 122 Å². The zero-order chi connectivity index (χ0) is 13.8. The minimum atomic E-state index is 0.0311. The number of halogens is 1. The predicted octanol–water partition coefficient (Wildman–Crippen LogP) is 4.09. The van der Waals surface area contributed by atoms with Gasteiger partial charge in [-0.25, -0.2) is 0 Å². The minimum Gasteiger partial charge on any atom is -0.467 e. The van der Waals surface area contributed by atoms with Gasteiger partial charge in [-0.3, -0.25) is 0 Å². The maximum absolute atomic E-state index is 5.92. The molecule has 1 heterocycles. The summed E-state index contributed by atoms with van der Waals surface area (Å²) in [5.41, 5.74) is 8.21. The first-order valence-electron chi connectivity index (χ1n) is 6.44. The second-order valence-corrected chi connectivity index (χ2v) is 5.44. The van der Waals surface area contributed by atoms with Gasteiger partial charge in [0.1, 0.15) is 5.76 Å². The second-order valence-electron chi connectivity index (χ2n) is 4.59. The number of anilines is 1. The van der Waals surface area contributed by atoms with Crippen molar-refractivity contribution in [1.29, 1.82) is 0 Å². The van der Waals surface area contributed by atoms with Crippen LogP contribution in [0.2, 0.25) is 0 Å². The summed E-state index contributed by atoms with van der Waals surface area (Å²) in [4.78, 5) is 2.26. The van der Waals surface area contributed by atoms with Gasteiger partial charge in [-0.1, -0.05) is 22.0 Å². The van der Waals surface area contributed by atoms with E-state index in [9.17, 15) is 0 Å². The highest BCUT2D eigenvalue weighted by atomic mass is 79.9. The molecule has 1 atom stereocenters. The van der Waals surface area contributed by atoms with Gasteiger partial charge in [-0.2, -0.15) is 0 Å². The van der Waals surface area contributed by atoms with Crippen LogP contribution < -0.4 is 10.6 Å². The summed E-state index contributed by atoms with van der Waals surface area (Å²) in [7, 11) is 0. The summed E-state index contributed by atoms with van der Waals surface area (Å²) >= 11 is 3.59. The maximum Gasteiger partial charge on any atom is 0.123 e. The van der Waals surface area contributed by atoms with Crippen molar-refractivity contribution >= 4 is 21.6 Å². The first-order valence-corrected chi connectivity index (χ1v) is 7.23. The minimum absolute atomic E-state index is 0.0311. The zero-order valence-corrected chi connectivity index (χ0v) is 12.9. The summed E-state index contributed by atoms with van der Waals surface area (Å²) in [6, 6.07) is 10.2. The van der Waals surface area contributed by atoms with Gasteiger partial charge < -0.3 is 15.1 Å². The highest BCUT2D eigenvalue weighted by Crippen LogP contribution is 2.28. The van der Waals surface area contributed by atoms with Crippen LogP contribution >= 0.6 is 15.9 Å². The topological polar surface area (TPSA) is 42.4 Å². The molecule has 2 rings (SSSR count). The lowest BCUT2D eigenvalue weighted by Crippen LogP contribution is -2.21. The molecule has 0 radical (unpaired) electrons. The number of hydrogen-bond acceptors (Lipinski definition) is 3. The number of nitrogens with two attached hydrogens (primary N) is 1. The molecule has 102 valence electrons. The molecule has 0 fully saturated rings. The molecule has 0 unspecified atom stereocenters. The van der Waals surface area contributed by atoms with Gasteiger partial charge >= 0.3 is 0 Å². The molecule has 0 saturated carbocycles. The lowest BCUT2D eigenvalue weighted by atomic mass is 10.1. The molecule has 4 heteroatoms. The zero-order valence-electron chi connectivity index (χ0n) is 11.3. The van der Waals surface area contributed by atoms with Crippen LogP contribution in [-0.4, -0.2) is 6.54 Å². The highest BCUT2D eigenvalue weighted by molar-refractivity contribution is 9.10. The van der Waals surface area contributed by atoms with Crippen molar-refractivity contribution in [2.24, 2.45) is 5.73 Å². The lowest BCUT2D eigenvalue weighted by molar-refractivity contribution is 0.503. The quantitative estimate of drug-likeness (QED) is 0.901. The van der Waals surface area contributed by atoms with Crippen molar-refractivity contribution in [2.75, 3.05) is 11.4 Å². The largest absolute Gasteiger partial charge is 0.467 e. The number of furan rings is 1. The van der Waals surface area contributed by atoms with Crippen LogP contribution in [0.3, 0.4) is 0 Å². The molecule has 0 spiro atoms. The van der Waals surface area contributed by atoms with Gasteiger partial charge in [-0.15, -0.1) is 0 Å². The summed E-state index contributed by atoms with van der Waals surface area (Å²) in [6.45, 7) is 5.81. The molecule has 1 aromatic heterocycles. The Kier molecular flexibility index (Phi) is 4.66. The molecule has 1 aromatic carbocycles. The van der Waals surface area contributed by atoms with Gasteiger partial charge in [-0.05, 0) is 43.7 Å². The number of hydrogen-bond donors (Lipinski definition) is 1. The maximum atomic E-state index is 5.92. The van der Waals surface area contributed by atoms with Gasteiger partial charge in [0.25, 0.3) is 0 Å². The van der Waals surface area contributed by atoms with Crippen LogP contribution in [0.25, 0.3) is 0 Å². The van der Waals surface area contributed by atoms with Gasteiger partial charge in [0.05, 0.1) is 12.8 Å². The van der Waals surface area contributed by atoms with Crippen molar-refractivity contribution in [3.8, 4) is 0 Å². The third-order valence-corrected chi connectivity index (χ3v) is 3.84. The molecular weight excluding hydrogens is 304 g/mol.